The average molecular weight is 267 g/mol. The van der Waals surface area contributed by atoms with Gasteiger partial charge in [0.15, 0.2) is 6.04 Å². The average Bonchev–Trinajstić information content (AvgIpc) is 2.41. The summed E-state index contributed by atoms with van der Waals surface area (Å²) < 4.78 is 18.5. The first-order chi connectivity index (χ1) is 9.02. The smallest absolute Gasteiger partial charge is 0.328 e. The van der Waals surface area contributed by atoms with Crippen LogP contribution >= 0.6 is 0 Å². The molecule has 1 heterocycles. The highest BCUT2D eigenvalue weighted by molar-refractivity contribution is 5.98. The van der Waals surface area contributed by atoms with Crippen molar-refractivity contribution >= 4 is 11.9 Å². The topological polar surface area (TPSA) is 66.8 Å². The number of carbonyl (C=O) groups is 2. The SMILES string of the molecule is Cc1c(F)cccc1C(=O)N1CCOC[C@H]1C(=O)O. The highest BCUT2D eigenvalue weighted by atomic mass is 19.1. The molecule has 0 radical (unpaired) electrons. The van der Waals surface area contributed by atoms with E-state index >= 15 is 0 Å². The van der Waals surface area contributed by atoms with Crippen molar-refractivity contribution in [1.82, 2.24) is 4.90 Å². The lowest BCUT2D eigenvalue weighted by atomic mass is 10.1. The second-order valence-electron chi connectivity index (χ2n) is 4.34. The fourth-order valence-corrected chi connectivity index (χ4v) is 2.05. The van der Waals surface area contributed by atoms with Crippen molar-refractivity contribution in [2.24, 2.45) is 0 Å². The maximum Gasteiger partial charge on any atom is 0.328 e. The molecule has 1 N–H and O–H groups in total. The monoisotopic (exact) mass is 267 g/mol. The fraction of sp³-hybridized carbons (Fsp3) is 0.385. The number of aliphatic carboxylic acids is 1. The van der Waals surface area contributed by atoms with Gasteiger partial charge >= 0.3 is 5.97 Å². The molecule has 0 aliphatic carbocycles. The van der Waals surface area contributed by atoms with E-state index in [4.69, 9.17) is 9.84 Å². The number of carboxylic acid groups (broad SMARTS) is 1. The number of hydrogen-bond donors (Lipinski definition) is 1. The quantitative estimate of drug-likeness (QED) is 0.870. The molecule has 0 spiro atoms. The second-order valence-corrected chi connectivity index (χ2v) is 4.34. The Balaban J connectivity index is 2.31. The van der Waals surface area contributed by atoms with Gasteiger partial charge in [-0.3, -0.25) is 4.79 Å². The van der Waals surface area contributed by atoms with Crippen LogP contribution in [0.25, 0.3) is 0 Å². The maximum atomic E-state index is 13.5. The molecule has 1 aromatic rings. The van der Waals surface area contributed by atoms with Crippen molar-refractivity contribution in [2.75, 3.05) is 19.8 Å². The van der Waals surface area contributed by atoms with Crippen LogP contribution in [0, 0.1) is 12.7 Å². The molecule has 1 aliphatic heterocycles. The van der Waals surface area contributed by atoms with E-state index in [2.05, 4.69) is 0 Å². The Bertz CT molecular complexity index is 517. The van der Waals surface area contributed by atoms with Crippen LogP contribution in [0.5, 0.6) is 0 Å². The molecule has 1 aromatic carbocycles. The van der Waals surface area contributed by atoms with Crippen LogP contribution < -0.4 is 0 Å². The van der Waals surface area contributed by atoms with Gasteiger partial charge < -0.3 is 14.7 Å². The van der Waals surface area contributed by atoms with Gasteiger partial charge in [0.2, 0.25) is 0 Å². The zero-order valence-electron chi connectivity index (χ0n) is 10.4. The van der Waals surface area contributed by atoms with Gasteiger partial charge in [-0.2, -0.15) is 0 Å². The predicted molar refractivity (Wildman–Crippen MR) is 64.4 cm³/mol. The van der Waals surface area contributed by atoms with Crippen LogP contribution in [-0.2, 0) is 9.53 Å². The van der Waals surface area contributed by atoms with Gasteiger partial charge in [0.25, 0.3) is 5.91 Å². The first-order valence-electron chi connectivity index (χ1n) is 5.89. The molecular formula is C13H14FNO4. The minimum absolute atomic E-state index is 0.0462. The van der Waals surface area contributed by atoms with Crippen molar-refractivity contribution in [3.8, 4) is 0 Å². The van der Waals surface area contributed by atoms with Crippen molar-refractivity contribution in [1.29, 1.82) is 0 Å². The molecule has 6 heteroatoms. The molecule has 0 aromatic heterocycles. The summed E-state index contributed by atoms with van der Waals surface area (Å²) in [4.78, 5) is 24.6. The van der Waals surface area contributed by atoms with E-state index in [0.717, 1.165) is 0 Å². The molecule has 0 bridgehead atoms. The Morgan fingerprint density at radius 3 is 2.89 bits per heavy atom. The number of carboxylic acids is 1. The number of carbonyl (C=O) groups excluding carboxylic acids is 1. The number of halogens is 1. The number of hydrogen-bond acceptors (Lipinski definition) is 3. The van der Waals surface area contributed by atoms with Gasteiger partial charge in [-0.05, 0) is 24.6 Å². The van der Waals surface area contributed by atoms with Crippen LogP contribution in [0.15, 0.2) is 18.2 Å². The van der Waals surface area contributed by atoms with Crippen LogP contribution in [-0.4, -0.2) is 47.7 Å². The lowest BCUT2D eigenvalue weighted by Crippen LogP contribution is -2.52. The zero-order valence-corrected chi connectivity index (χ0v) is 10.4. The van der Waals surface area contributed by atoms with Gasteiger partial charge in [-0.15, -0.1) is 0 Å². The van der Waals surface area contributed by atoms with E-state index in [1.807, 2.05) is 0 Å². The van der Waals surface area contributed by atoms with Crippen molar-refractivity contribution in [3.63, 3.8) is 0 Å². The Labute approximate surface area is 109 Å². The maximum absolute atomic E-state index is 13.5. The molecule has 2 rings (SSSR count). The first-order valence-corrected chi connectivity index (χ1v) is 5.89. The van der Waals surface area contributed by atoms with Gasteiger partial charge in [0.1, 0.15) is 5.82 Å². The Hall–Kier alpha value is -1.95. The fourth-order valence-electron chi connectivity index (χ4n) is 2.05. The van der Waals surface area contributed by atoms with E-state index < -0.39 is 23.7 Å². The standard InChI is InChI=1S/C13H14FNO4/c1-8-9(3-2-4-10(8)14)12(16)15-5-6-19-7-11(15)13(17)18/h2-4,11H,5-7H2,1H3,(H,17,18)/t11-/m0/s1. The minimum Gasteiger partial charge on any atom is -0.480 e. The number of morpholine rings is 1. The third-order valence-corrected chi connectivity index (χ3v) is 3.17. The van der Waals surface area contributed by atoms with Gasteiger partial charge in [-0.25, -0.2) is 9.18 Å². The van der Waals surface area contributed by atoms with E-state index in [-0.39, 0.29) is 30.9 Å². The van der Waals surface area contributed by atoms with Crippen LogP contribution in [0.1, 0.15) is 15.9 Å². The highest BCUT2D eigenvalue weighted by Crippen LogP contribution is 2.17. The second kappa shape index (κ2) is 5.36. The third kappa shape index (κ3) is 2.58. The lowest BCUT2D eigenvalue weighted by Gasteiger charge is -2.33. The summed E-state index contributed by atoms with van der Waals surface area (Å²) in [6.45, 7) is 1.92. The van der Waals surface area contributed by atoms with Gasteiger partial charge in [0, 0.05) is 12.1 Å². The molecule has 1 saturated heterocycles. The molecule has 19 heavy (non-hydrogen) atoms. The molecule has 1 amide bonds. The molecule has 102 valence electrons. The Morgan fingerprint density at radius 1 is 1.47 bits per heavy atom. The number of ether oxygens (including phenoxy) is 1. The summed E-state index contributed by atoms with van der Waals surface area (Å²) in [7, 11) is 0. The summed E-state index contributed by atoms with van der Waals surface area (Å²) in [5.41, 5.74) is 0.413. The number of amides is 1. The highest BCUT2D eigenvalue weighted by Gasteiger charge is 2.33. The zero-order chi connectivity index (χ0) is 14.0. The summed E-state index contributed by atoms with van der Waals surface area (Å²) >= 11 is 0. The molecule has 1 fully saturated rings. The first kappa shape index (κ1) is 13.5. The normalized spacial score (nSPS) is 19.3. The van der Waals surface area contributed by atoms with Crippen LogP contribution in [0.4, 0.5) is 4.39 Å². The Morgan fingerprint density at radius 2 is 2.21 bits per heavy atom. The molecule has 0 saturated carbocycles. The van der Waals surface area contributed by atoms with Crippen LogP contribution in [0.3, 0.4) is 0 Å². The third-order valence-electron chi connectivity index (χ3n) is 3.17. The Kier molecular flexibility index (Phi) is 3.80. The van der Waals surface area contributed by atoms with Gasteiger partial charge in [-0.1, -0.05) is 6.07 Å². The molecule has 0 unspecified atom stereocenters. The molecule has 5 nitrogen and oxygen atoms in total. The van der Waals surface area contributed by atoms with Crippen LogP contribution in [0.2, 0.25) is 0 Å². The summed E-state index contributed by atoms with van der Waals surface area (Å²) in [6.07, 6.45) is 0. The summed E-state index contributed by atoms with van der Waals surface area (Å²) in [6, 6.07) is 3.17. The summed E-state index contributed by atoms with van der Waals surface area (Å²) in [5, 5.41) is 9.08. The summed E-state index contributed by atoms with van der Waals surface area (Å²) in [5.74, 6) is -2.08. The minimum atomic E-state index is -1.12. The van der Waals surface area contributed by atoms with E-state index in [9.17, 15) is 14.0 Å². The van der Waals surface area contributed by atoms with Crippen molar-refractivity contribution < 1.29 is 23.8 Å². The van der Waals surface area contributed by atoms with Crippen molar-refractivity contribution in [3.05, 3.63) is 35.1 Å². The lowest BCUT2D eigenvalue weighted by molar-refractivity contribution is -0.147. The molecule has 1 aliphatic rings. The number of nitrogens with zero attached hydrogens (tertiary/aromatic N) is 1. The van der Waals surface area contributed by atoms with E-state index in [0.29, 0.717) is 0 Å². The molecular weight excluding hydrogens is 253 g/mol. The molecule has 1 atom stereocenters. The number of benzene rings is 1. The van der Waals surface area contributed by atoms with Crippen molar-refractivity contribution in [2.45, 2.75) is 13.0 Å². The van der Waals surface area contributed by atoms with E-state index in [1.165, 1.54) is 30.0 Å². The van der Waals surface area contributed by atoms with E-state index in [1.54, 1.807) is 0 Å². The van der Waals surface area contributed by atoms with Gasteiger partial charge in [0.05, 0.1) is 13.2 Å². The number of rotatable bonds is 2. The largest absolute Gasteiger partial charge is 0.480 e. The predicted octanol–water partition coefficient (Wildman–Crippen LogP) is 1.06.